The third-order valence-corrected chi connectivity index (χ3v) is 1.84. The van der Waals surface area contributed by atoms with Gasteiger partial charge in [0.1, 0.15) is 0 Å². The van der Waals surface area contributed by atoms with E-state index in [4.69, 9.17) is 0 Å². The van der Waals surface area contributed by atoms with Crippen molar-refractivity contribution in [2.24, 2.45) is 0 Å². The van der Waals surface area contributed by atoms with Gasteiger partial charge in [0.25, 0.3) is 0 Å². The lowest BCUT2D eigenvalue weighted by Gasteiger charge is -1.82. The van der Waals surface area contributed by atoms with E-state index in [9.17, 15) is 4.79 Å². The van der Waals surface area contributed by atoms with E-state index in [2.05, 4.69) is 24.4 Å². The Balaban J connectivity index is 0.000000132. The van der Waals surface area contributed by atoms with Crippen LogP contribution in [0.2, 0.25) is 0 Å². The zero-order valence-corrected chi connectivity index (χ0v) is 7.92. The van der Waals surface area contributed by atoms with Crippen LogP contribution in [0.25, 0.3) is 0 Å². The van der Waals surface area contributed by atoms with Gasteiger partial charge in [0.05, 0.1) is 0 Å². The van der Waals surface area contributed by atoms with Crippen LogP contribution in [0.5, 0.6) is 0 Å². The molecule has 2 rings (SSSR count). The highest BCUT2D eigenvalue weighted by Gasteiger charge is 2.05. The van der Waals surface area contributed by atoms with Gasteiger partial charge in [-0.15, -0.1) is 0 Å². The largest absolute Gasteiger partial charge is 0.356 e. The van der Waals surface area contributed by atoms with E-state index in [0.717, 1.165) is 19.4 Å². The van der Waals surface area contributed by atoms with Crippen LogP contribution in [0.4, 0.5) is 0 Å². The smallest absolute Gasteiger partial charge is 0.220 e. The van der Waals surface area contributed by atoms with Crippen LogP contribution in [0.3, 0.4) is 0 Å². The van der Waals surface area contributed by atoms with Gasteiger partial charge < -0.3 is 5.32 Å². The van der Waals surface area contributed by atoms with Crippen molar-refractivity contribution in [3.8, 4) is 0 Å². The Hall–Kier alpha value is -1.31. The lowest BCUT2D eigenvalue weighted by atomic mass is 10.2. The number of carbonyl (C=O) groups is 1. The van der Waals surface area contributed by atoms with Gasteiger partial charge in [0.15, 0.2) is 0 Å². The summed E-state index contributed by atoms with van der Waals surface area (Å²) >= 11 is 0. The van der Waals surface area contributed by atoms with Gasteiger partial charge in [-0.2, -0.15) is 0 Å². The third-order valence-electron chi connectivity index (χ3n) is 1.84. The number of hydrogen-bond acceptors (Lipinski definition) is 1. The summed E-state index contributed by atoms with van der Waals surface area (Å²) in [5.74, 6) is 0.204. The fourth-order valence-corrected chi connectivity index (χ4v) is 1.10. The third kappa shape index (κ3) is 4.31. The predicted molar refractivity (Wildman–Crippen MR) is 53.4 cm³/mol. The molecule has 0 saturated carbocycles. The highest BCUT2D eigenvalue weighted by molar-refractivity contribution is 5.77. The Morgan fingerprint density at radius 3 is 2.15 bits per heavy atom. The number of nitrogens with one attached hydrogen (secondary N) is 1. The molecular formula is C11H15NO. The first-order valence-electron chi connectivity index (χ1n) is 4.57. The fraction of sp³-hybridized carbons (Fsp3) is 0.364. The highest BCUT2D eigenvalue weighted by Crippen LogP contribution is 1.93. The monoisotopic (exact) mass is 177 g/mol. The average molecular weight is 177 g/mol. The summed E-state index contributed by atoms with van der Waals surface area (Å²) in [5.41, 5.74) is 1.32. The maximum absolute atomic E-state index is 10.1. The maximum atomic E-state index is 10.1. The molecule has 0 unspecified atom stereocenters. The quantitative estimate of drug-likeness (QED) is 0.644. The molecule has 0 atom stereocenters. The molecule has 0 spiro atoms. The van der Waals surface area contributed by atoms with Crippen LogP contribution >= 0.6 is 0 Å². The molecule has 13 heavy (non-hydrogen) atoms. The molecule has 1 N–H and O–H groups in total. The summed E-state index contributed by atoms with van der Waals surface area (Å²) in [6.07, 6.45) is 1.76. The molecular weight excluding hydrogens is 162 g/mol. The van der Waals surface area contributed by atoms with Crippen molar-refractivity contribution in [1.29, 1.82) is 0 Å². The summed E-state index contributed by atoms with van der Waals surface area (Å²) in [7, 11) is 0. The molecule has 0 radical (unpaired) electrons. The van der Waals surface area contributed by atoms with Gasteiger partial charge in [-0.3, -0.25) is 4.79 Å². The SMILES string of the molecule is Cc1ccccc1.O=C1CCCN1. The van der Waals surface area contributed by atoms with E-state index in [1.807, 2.05) is 18.2 Å². The normalized spacial score (nSPS) is 14.4. The number of benzene rings is 1. The van der Waals surface area contributed by atoms with Crippen molar-refractivity contribution in [2.45, 2.75) is 19.8 Å². The van der Waals surface area contributed by atoms with Crippen LogP contribution in [-0.2, 0) is 4.79 Å². The second kappa shape index (κ2) is 5.36. The predicted octanol–water partition coefficient (Wildman–Crippen LogP) is 1.89. The van der Waals surface area contributed by atoms with Crippen molar-refractivity contribution in [2.75, 3.05) is 6.54 Å². The molecule has 1 aromatic rings. The molecule has 1 aromatic carbocycles. The maximum Gasteiger partial charge on any atom is 0.220 e. The minimum Gasteiger partial charge on any atom is -0.356 e. The lowest BCUT2D eigenvalue weighted by Crippen LogP contribution is -2.12. The molecule has 1 saturated heterocycles. The van der Waals surface area contributed by atoms with Gasteiger partial charge in [-0.05, 0) is 13.3 Å². The zero-order valence-electron chi connectivity index (χ0n) is 7.92. The minimum absolute atomic E-state index is 0.204. The molecule has 1 aliphatic heterocycles. The number of rotatable bonds is 0. The van der Waals surface area contributed by atoms with Crippen LogP contribution in [0.15, 0.2) is 30.3 Å². The molecule has 0 aromatic heterocycles. The van der Waals surface area contributed by atoms with Gasteiger partial charge in [0.2, 0.25) is 5.91 Å². The van der Waals surface area contributed by atoms with Gasteiger partial charge in [0, 0.05) is 13.0 Å². The summed E-state index contributed by atoms with van der Waals surface area (Å²) < 4.78 is 0. The Morgan fingerprint density at radius 2 is 1.92 bits per heavy atom. The highest BCUT2D eigenvalue weighted by atomic mass is 16.1. The minimum atomic E-state index is 0.204. The molecule has 1 aliphatic rings. The summed E-state index contributed by atoms with van der Waals surface area (Å²) in [4.78, 5) is 10.1. The van der Waals surface area contributed by atoms with E-state index < -0.39 is 0 Å². The van der Waals surface area contributed by atoms with Gasteiger partial charge >= 0.3 is 0 Å². The molecule has 1 amide bonds. The summed E-state index contributed by atoms with van der Waals surface area (Å²) in [6, 6.07) is 10.3. The molecule has 1 fully saturated rings. The van der Waals surface area contributed by atoms with Crippen molar-refractivity contribution in [1.82, 2.24) is 5.32 Å². The number of amides is 1. The first-order chi connectivity index (χ1) is 6.29. The lowest BCUT2D eigenvalue weighted by molar-refractivity contribution is -0.119. The summed E-state index contributed by atoms with van der Waals surface area (Å²) in [6.45, 7) is 2.97. The van der Waals surface area contributed by atoms with Crippen LogP contribution in [-0.4, -0.2) is 12.5 Å². The van der Waals surface area contributed by atoms with E-state index in [0.29, 0.717) is 0 Å². The number of carbonyl (C=O) groups excluding carboxylic acids is 1. The topological polar surface area (TPSA) is 29.1 Å². The molecule has 1 heterocycles. The summed E-state index contributed by atoms with van der Waals surface area (Å²) in [5, 5.41) is 2.68. The van der Waals surface area contributed by atoms with E-state index in [1.54, 1.807) is 0 Å². The molecule has 70 valence electrons. The van der Waals surface area contributed by atoms with E-state index in [-0.39, 0.29) is 5.91 Å². The van der Waals surface area contributed by atoms with Crippen molar-refractivity contribution >= 4 is 5.91 Å². The second-order valence-electron chi connectivity index (χ2n) is 3.11. The number of aryl methyl sites for hydroxylation is 1. The van der Waals surface area contributed by atoms with Crippen LogP contribution < -0.4 is 5.32 Å². The van der Waals surface area contributed by atoms with Crippen LogP contribution in [0, 0.1) is 6.92 Å². The average Bonchev–Trinajstić information content (AvgIpc) is 2.58. The first-order valence-corrected chi connectivity index (χ1v) is 4.57. The van der Waals surface area contributed by atoms with Crippen LogP contribution in [0.1, 0.15) is 18.4 Å². The fourth-order valence-electron chi connectivity index (χ4n) is 1.10. The molecule has 0 aliphatic carbocycles. The Bertz CT molecular complexity index is 248. The number of hydrogen-bond donors (Lipinski definition) is 1. The second-order valence-corrected chi connectivity index (χ2v) is 3.11. The molecule has 0 bridgehead atoms. The Kier molecular flexibility index (Phi) is 4.03. The Morgan fingerprint density at radius 1 is 1.23 bits per heavy atom. The van der Waals surface area contributed by atoms with E-state index in [1.165, 1.54) is 5.56 Å². The Labute approximate surface area is 79.0 Å². The molecule has 2 heteroatoms. The standard InChI is InChI=1S/C7H8.C4H7NO/c1-7-5-3-2-4-6-7;6-4-2-1-3-5-4/h2-6H,1H3;1-3H2,(H,5,6). The van der Waals surface area contributed by atoms with Crippen molar-refractivity contribution in [3.63, 3.8) is 0 Å². The molecule has 2 nitrogen and oxygen atoms in total. The van der Waals surface area contributed by atoms with Crippen molar-refractivity contribution in [3.05, 3.63) is 35.9 Å². The zero-order chi connectivity index (χ0) is 9.52. The van der Waals surface area contributed by atoms with E-state index >= 15 is 0 Å². The van der Waals surface area contributed by atoms with Gasteiger partial charge in [-0.25, -0.2) is 0 Å². The van der Waals surface area contributed by atoms with Crippen molar-refractivity contribution < 1.29 is 4.79 Å². The first kappa shape index (κ1) is 9.78. The van der Waals surface area contributed by atoms with Gasteiger partial charge in [-0.1, -0.05) is 35.9 Å².